The summed E-state index contributed by atoms with van der Waals surface area (Å²) in [6.45, 7) is 5.10. The van der Waals surface area contributed by atoms with Crippen molar-refractivity contribution in [1.29, 1.82) is 0 Å². The molecular formula is C17H18BrN3. The maximum absolute atomic E-state index is 4.59. The lowest BCUT2D eigenvalue weighted by Crippen LogP contribution is -2.07. The Morgan fingerprint density at radius 3 is 2.67 bits per heavy atom. The molecule has 0 atom stereocenters. The summed E-state index contributed by atoms with van der Waals surface area (Å²) in [5.74, 6) is 0.904. The summed E-state index contributed by atoms with van der Waals surface area (Å²) in [5.41, 5.74) is 2.16. The number of halogens is 1. The molecule has 1 aromatic heterocycles. The van der Waals surface area contributed by atoms with E-state index in [1.165, 1.54) is 10.8 Å². The molecule has 2 aromatic carbocycles. The Morgan fingerprint density at radius 1 is 1.14 bits per heavy atom. The lowest BCUT2D eigenvalue weighted by molar-refractivity contribution is 0.938. The Kier molecular flexibility index (Phi) is 3.97. The molecule has 0 saturated heterocycles. The van der Waals surface area contributed by atoms with E-state index in [9.17, 15) is 0 Å². The average molecular weight is 344 g/mol. The molecule has 1 N–H and O–H groups in total. The Morgan fingerprint density at radius 2 is 1.90 bits per heavy atom. The molecule has 0 bridgehead atoms. The zero-order valence-electron chi connectivity index (χ0n) is 12.2. The third-order valence-electron chi connectivity index (χ3n) is 3.47. The SMILES string of the molecule is CCCNc1nc(C)cn1-c1ccc(Br)c2ccccc12. The minimum atomic E-state index is 0.904. The number of hydrogen-bond acceptors (Lipinski definition) is 2. The van der Waals surface area contributed by atoms with E-state index in [2.05, 4.69) is 80.3 Å². The molecule has 0 aliphatic rings. The molecule has 0 radical (unpaired) electrons. The highest BCUT2D eigenvalue weighted by atomic mass is 79.9. The van der Waals surface area contributed by atoms with Crippen molar-refractivity contribution in [2.45, 2.75) is 20.3 Å². The lowest BCUT2D eigenvalue weighted by atomic mass is 10.1. The van der Waals surface area contributed by atoms with Crippen LogP contribution in [0.15, 0.2) is 47.1 Å². The Labute approximate surface area is 133 Å². The standard InChI is InChI=1S/C17H18BrN3/c1-3-10-19-17-20-12(2)11-21(17)16-9-8-15(18)13-6-4-5-7-14(13)16/h4-9,11H,3,10H2,1-2H3,(H,19,20). The molecule has 3 aromatic rings. The molecule has 0 aliphatic carbocycles. The first-order chi connectivity index (χ1) is 10.2. The molecule has 4 heteroatoms. The molecule has 0 fully saturated rings. The third kappa shape index (κ3) is 2.68. The quantitative estimate of drug-likeness (QED) is 0.728. The van der Waals surface area contributed by atoms with Gasteiger partial charge < -0.3 is 5.32 Å². The molecule has 0 saturated carbocycles. The summed E-state index contributed by atoms with van der Waals surface area (Å²) in [7, 11) is 0. The number of hydrogen-bond donors (Lipinski definition) is 1. The Hall–Kier alpha value is -1.81. The smallest absolute Gasteiger partial charge is 0.207 e. The molecule has 3 rings (SSSR count). The van der Waals surface area contributed by atoms with Crippen LogP contribution in [0, 0.1) is 6.92 Å². The van der Waals surface area contributed by atoms with Gasteiger partial charge in [0.25, 0.3) is 0 Å². The number of nitrogens with zero attached hydrogens (tertiary/aromatic N) is 2. The van der Waals surface area contributed by atoms with Gasteiger partial charge in [-0.15, -0.1) is 0 Å². The summed E-state index contributed by atoms with van der Waals surface area (Å²) in [5, 5.41) is 5.82. The molecule has 0 unspecified atom stereocenters. The third-order valence-corrected chi connectivity index (χ3v) is 4.16. The highest BCUT2D eigenvalue weighted by molar-refractivity contribution is 9.10. The van der Waals surface area contributed by atoms with Gasteiger partial charge in [0.05, 0.1) is 11.4 Å². The molecular weight excluding hydrogens is 326 g/mol. The highest BCUT2D eigenvalue weighted by Gasteiger charge is 2.11. The van der Waals surface area contributed by atoms with Crippen LogP contribution in [0.5, 0.6) is 0 Å². The minimum Gasteiger partial charge on any atom is -0.355 e. The fourth-order valence-electron chi connectivity index (χ4n) is 2.50. The van der Waals surface area contributed by atoms with Gasteiger partial charge >= 0.3 is 0 Å². The van der Waals surface area contributed by atoms with Crippen molar-refractivity contribution in [2.24, 2.45) is 0 Å². The van der Waals surface area contributed by atoms with E-state index >= 15 is 0 Å². The number of nitrogens with one attached hydrogen (secondary N) is 1. The van der Waals surface area contributed by atoms with Gasteiger partial charge in [-0.25, -0.2) is 4.98 Å². The van der Waals surface area contributed by atoms with Gasteiger partial charge in [0.2, 0.25) is 5.95 Å². The van der Waals surface area contributed by atoms with Crippen molar-refractivity contribution >= 4 is 32.7 Å². The van der Waals surface area contributed by atoms with E-state index in [1.54, 1.807) is 0 Å². The molecule has 21 heavy (non-hydrogen) atoms. The zero-order chi connectivity index (χ0) is 14.8. The van der Waals surface area contributed by atoms with Gasteiger partial charge in [-0.05, 0) is 30.9 Å². The van der Waals surface area contributed by atoms with Crippen LogP contribution in [-0.4, -0.2) is 16.1 Å². The second-order valence-corrected chi connectivity index (χ2v) is 5.97. The second-order valence-electron chi connectivity index (χ2n) is 5.11. The van der Waals surface area contributed by atoms with Crippen LogP contribution >= 0.6 is 15.9 Å². The largest absolute Gasteiger partial charge is 0.355 e. The van der Waals surface area contributed by atoms with Crippen LogP contribution in [0.25, 0.3) is 16.5 Å². The monoisotopic (exact) mass is 343 g/mol. The van der Waals surface area contributed by atoms with Crippen LogP contribution in [0.2, 0.25) is 0 Å². The van der Waals surface area contributed by atoms with Crippen molar-refractivity contribution in [2.75, 3.05) is 11.9 Å². The summed E-state index contributed by atoms with van der Waals surface area (Å²) in [6, 6.07) is 12.6. The van der Waals surface area contributed by atoms with E-state index < -0.39 is 0 Å². The van der Waals surface area contributed by atoms with Gasteiger partial charge in [0, 0.05) is 22.6 Å². The summed E-state index contributed by atoms with van der Waals surface area (Å²) >= 11 is 3.63. The number of anilines is 1. The number of benzene rings is 2. The van der Waals surface area contributed by atoms with E-state index in [0.29, 0.717) is 0 Å². The van der Waals surface area contributed by atoms with E-state index in [0.717, 1.165) is 34.8 Å². The second kappa shape index (κ2) is 5.90. The Balaban J connectivity index is 2.19. The maximum Gasteiger partial charge on any atom is 0.207 e. The van der Waals surface area contributed by atoms with Gasteiger partial charge in [-0.2, -0.15) is 0 Å². The number of imidazole rings is 1. The van der Waals surface area contributed by atoms with E-state index in [1.807, 2.05) is 6.92 Å². The van der Waals surface area contributed by atoms with Crippen molar-refractivity contribution in [3.63, 3.8) is 0 Å². The lowest BCUT2D eigenvalue weighted by Gasteiger charge is -2.12. The predicted molar refractivity (Wildman–Crippen MR) is 92.3 cm³/mol. The first-order valence-corrected chi connectivity index (χ1v) is 7.97. The number of aryl methyl sites for hydroxylation is 1. The van der Waals surface area contributed by atoms with Crippen LogP contribution in [-0.2, 0) is 0 Å². The molecule has 0 aliphatic heterocycles. The van der Waals surface area contributed by atoms with Crippen LogP contribution in [0.3, 0.4) is 0 Å². The van der Waals surface area contributed by atoms with Gasteiger partial charge in [0.15, 0.2) is 0 Å². The average Bonchev–Trinajstić information content (AvgIpc) is 2.86. The van der Waals surface area contributed by atoms with Gasteiger partial charge in [0.1, 0.15) is 0 Å². The number of fused-ring (bicyclic) bond motifs is 1. The zero-order valence-corrected chi connectivity index (χ0v) is 13.8. The van der Waals surface area contributed by atoms with Crippen molar-refractivity contribution in [3.05, 3.63) is 52.8 Å². The summed E-state index contributed by atoms with van der Waals surface area (Å²) < 4.78 is 3.25. The van der Waals surface area contributed by atoms with E-state index in [4.69, 9.17) is 0 Å². The van der Waals surface area contributed by atoms with Crippen LogP contribution < -0.4 is 5.32 Å². The minimum absolute atomic E-state index is 0.904. The molecule has 0 spiro atoms. The first-order valence-electron chi connectivity index (χ1n) is 7.18. The predicted octanol–water partition coefficient (Wildman–Crippen LogP) is 4.92. The number of aromatic nitrogens is 2. The van der Waals surface area contributed by atoms with Crippen LogP contribution in [0.4, 0.5) is 5.95 Å². The highest BCUT2D eigenvalue weighted by Crippen LogP contribution is 2.30. The van der Waals surface area contributed by atoms with E-state index in [-0.39, 0.29) is 0 Å². The summed E-state index contributed by atoms with van der Waals surface area (Å²) in [6.07, 6.45) is 3.15. The fourth-order valence-corrected chi connectivity index (χ4v) is 2.98. The van der Waals surface area contributed by atoms with Crippen molar-refractivity contribution < 1.29 is 0 Å². The molecule has 1 heterocycles. The van der Waals surface area contributed by atoms with Crippen molar-refractivity contribution in [1.82, 2.24) is 9.55 Å². The van der Waals surface area contributed by atoms with Crippen molar-refractivity contribution in [3.8, 4) is 5.69 Å². The molecule has 108 valence electrons. The fraction of sp³-hybridized carbons (Fsp3) is 0.235. The first kappa shape index (κ1) is 14.1. The van der Waals surface area contributed by atoms with Gasteiger partial charge in [-0.1, -0.05) is 47.1 Å². The number of rotatable bonds is 4. The Bertz CT molecular complexity index is 777. The summed E-state index contributed by atoms with van der Waals surface area (Å²) in [4.78, 5) is 4.59. The maximum atomic E-state index is 4.59. The van der Waals surface area contributed by atoms with Crippen LogP contribution in [0.1, 0.15) is 19.0 Å². The van der Waals surface area contributed by atoms with Gasteiger partial charge in [-0.3, -0.25) is 4.57 Å². The topological polar surface area (TPSA) is 29.9 Å². The molecule has 0 amide bonds. The molecule has 3 nitrogen and oxygen atoms in total. The normalized spacial score (nSPS) is 11.0.